The van der Waals surface area contributed by atoms with E-state index in [4.69, 9.17) is 9.88 Å². The van der Waals surface area contributed by atoms with Crippen molar-refractivity contribution in [2.75, 3.05) is 6.54 Å². The molecule has 2 heterocycles. The van der Waals surface area contributed by atoms with Crippen LogP contribution in [0.2, 0.25) is 0 Å². The van der Waals surface area contributed by atoms with Crippen LogP contribution < -0.4 is 9.88 Å². The van der Waals surface area contributed by atoms with Crippen molar-refractivity contribution >= 4 is 21.9 Å². The summed E-state index contributed by atoms with van der Waals surface area (Å²) in [5.74, 6) is -2.65. The number of para-hydroxylation sites is 1. The number of piperidine rings is 1. The van der Waals surface area contributed by atoms with Gasteiger partial charge >= 0.3 is 5.97 Å². The molecule has 30 heavy (non-hydrogen) atoms. The summed E-state index contributed by atoms with van der Waals surface area (Å²) in [5.41, 5.74) is 0.584. The van der Waals surface area contributed by atoms with Gasteiger partial charge in [-0.3, -0.25) is 9.59 Å². The molecule has 1 fully saturated rings. The molecule has 2 aromatic carbocycles. The average Bonchev–Trinajstić information content (AvgIpc) is 2.67. The molecule has 9 heteroatoms. The lowest BCUT2D eigenvalue weighted by atomic mass is 9.73. The van der Waals surface area contributed by atoms with Crippen LogP contribution in [0.15, 0.2) is 53.4 Å². The Morgan fingerprint density at radius 1 is 1.23 bits per heavy atom. The van der Waals surface area contributed by atoms with E-state index in [0.717, 1.165) is 11.1 Å². The van der Waals surface area contributed by atoms with Gasteiger partial charge in [-0.25, -0.2) is 13.6 Å². The number of amides is 1. The second kappa shape index (κ2) is 7.10. The summed E-state index contributed by atoms with van der Waals surface area (Å²) in [5, 5.41) is 14.9. The van der Waals surface area contributed by atoms with Crippen LogP contribution in [0.1, 0.15) is 30.4 Å². The van der Waals surface area contributed by atoms with Crippen molar-refractivity contribution in [2.24, 2.45) is 11.1 Å². The molecule has 0 radical (unpaired) electrons. The number of sulfonamides is 1. The topological polar surface area (TPSA) is 127 Å². The average molecular weight is 430 g/mol. The van der Waals surface area contributed by atoms with E-state index in [9.17, 15) is 23.1 Å². The number of fused-ring (bicyclic) bond motifs is 4. The Morgan fingerprint density at radius 3 is 2.53 bits per heavy atom. The van der Waals surface area contributed by atoms with E-state index in [0.29, 0.717) is 18.6 Å². The van der Waals surface area contributed by atoms with Crippen LogP contribution in [0.25, 0.3) is 0 Å². The third-order valence-electron chi connectivity index (χ3n) is 5.89. The molecule has 1 amide bonds. The lowest BCUT2D eigenvalue weighted by Crippen LogP contribution is -2.64. The predicted octanol–water partition coefficient (Wildman–Crippen LogP) is 1.70. The number of carbonyl (C=O) groups excluding carboxylic acids is 1. The van der Waals surface area contributed by atoms with Gasteiger partial charge in [0.05, 0.1) is 4.90 Å². The Balaban J connectivity index is 1.62. The largest absolute Gasteiger partial charge is 0.481 e. The van der Waals surface area contributed by atoms with Crippen LogP contribution in [-0.2, 0) is 26.0 Å². The number of likely N-dealkylation sites (tertiary alicyclic amines) is 1. The Bertz CT molecular complexity index is 1110. The second-order valence-corrected chi connectivity index (χ2v) is 9.43. The highest BCUT2D eigenvalue weighted by molar-refractivity contribution is 7.89. The summed E-state index contributed by atoms with van der Waals surface area (Å²) in [7, 11) is -3.78. The summed E-state index contributed by atoms with van der Waals surface area (Å²) in [6, 6.07) is 13.3. The molecule has 2 aromatic rings. The van der Waals surface area contributed by atoms with Gasteiger partial charge in [0.1, 0.15) is 11.7 Å². The van der Waals surface area contributed by atoms with Gasteiger partial charge in [0.25, 0.3) is 0 Å². The smallest absolute Gasteiger partial charge is 0.316 e. The zero-order valence-corrected chi connectivity index (χ0v) is 17.1. The minimum absolute atomic E-state index is 0.00765. The number of rotatable bonds is 5. The first-order valence-electron chi connectivity index (χ1n) is 9.54. The van der Waals surface area contributed by atoms with Crippen LogP contribution in [0, 0.1) is 5.92 Å². The highest BCUT2D eigenvalue weighted by Gasteiger charge is 2.56. The van der Waals surface area contributed by atoms with E-state index in [1.807, 2.05) is 18.2 Å². The maximum atomic E-state index is 13.2. The Kier molecular flexibility index (Phi) is 4.82. The fourth-order valence-corrected chi connectivity index (χ4v) is 4.94. The molecule has 0 spiro atoms. The van der Waals surface area contributed by atoms with Crippen molar-refractivity contribution in [1.29, 1.82) is 0 Å². The van der Waals surface area contributed by atoms with Gasteiger partial charge in [0.15, 0.2) is 5.72 Å². The molecule has 4 rings (SSSR count). The molecule has 0 saturated carbocycles. The van der Waals surface area contributed by atoms with Gasteiger partial charge in [-0.15, -0.1) is 0 Å². The van der Waals surface area contributed by atoms with Crippen LogP contribution in [0.3, 0.4) is 0 Å². The van der Waals surface area contributed by atoms with Gasteiger partial charge in [-0.2, -0.15) is 0 Å². The fraction of sp³-hybridized carbons (Fsp3) is 0.333. The van der Waals surface area contributed by atoms with Crippen LogP contribution in [-0.4, -0.2) is 42.6 Å². The van der Waals surface area contributed by atoms with Crippen molar-refractivity contribution in [3.05, 3.63) is 59.7 Å². The van der Waals surface area contributed by atoms with Crippen molar-refractivity contribution in [2.45, 2.75) is 36.3 Å². The molecule has 0 unspecified atom stereocenters. The zero-order valence-electron chi connectivity index (χ0n) is 16.3. The number of carbonyl (C=O) groups is 2. The van der Waals surface area contributed by atoms with E-state index >= 15 is 0 Å². The summed E-state index contributed by atoms with van der Waals surface area (Å²) < 4.78 is 29.0. The number of hydrogen-bond donors (Lipinski definition) is 2. The van der Waals surface area contributed by atoms with Crippen LogP contribution in [0.5, 0.6) is 5.75 Å². The number of nitrogens with two attached hydrogens (primary N) is 1. The molecule has 3 atom stereocenters. The summed E-state index contributed by atoms with van der Waals surface area (Å²) in [6.07, 6.45) is 0.797. The number of primary sulfonamides is 1. The normalized spacial score (nSPS) is 25.4. The SMILES string of the molecule is C[C@@]12C[C@@H](c3ccccc3O1)[C@H](C(=O)O)C(=O)N2CCc1ccc(S(N)(=O)=O)cc1. The van der Waals surface area contributed by atoms with E-state index in [1.165, 1.54) is 17.0 Å². The molecule has 0 aromatic heterocycles. The van der Waals surface area contributed by atoms with Crippen LogP contribution in [0.4, 0.5) is 0 Å². The highest BCUT2D eigenvalue weighted by atomic mass is 32.2. The van der Waals surface area contributed by atoms with E-state index in [2.05, 4.69) is 0 Å². The number of carboxylic acids is 1. The van der Waals surface area contributed by atoms with Gasteiger partial charge in [-0.05, 0) is 42.7 Å². The molecule has 3 N–H and O–H groups in total. The molecule has 2 aliphatic rings. The number of ether oxygens (including phenoxy) is 1. The molecule has 1 saturated heterocycles. The van der Waals surface area contributed by atoms with Gasteiger partial charge in [0, 0.05) is 18.9 Å². The Labute approximate surface area is 174 Å². The summed E-state index contributed by atoms with van der Waals surface area (Å²) >= 11 is 0. The van der Waals surface area contributed by atoms with Crippen molar-refractivity contribution in [3.8, 4) is 5.75 Å². The van der Waals surface area contributed by atoms with E-state index in [-0.39, 0.29) is 11.4 Å². The number of benzene rings is 2. The van der Waals surface area contributed by atoms with Crippen molar-refractivity contribution in [3.63, 3.8) is 0 Å². The minimum Gasteiger partial charge on any atom is -0.481 e. The molecular weight excluding hydrogens is 408 g/mol. The lowest BCUT2D eigenvalue weighted by Gasteiger charge is -2.52. The number of hydrogen-bond acceptors (Lipinski definition) is 5. The monoisotopic (exact) mass is 430 g/mol. The quantitative estimate of drug-likeness (QED) is 0.695. The van der Waals surface area contributed by atoms with Gasteiger partial charge in [0.2, 0.25) is 15.9 Å². The second-order valence-electron chi connectivity index (χ2n) is 7.87. The molecular formula is C21H22N2O6S. The fourth-order valence-electron chi connectivity index (χ4n) is 4.42. The molecule has 158 valence electrons. The summed E-state index contributed by atoms with van der Waals surface area (Å²) in [4.78, 5) is 26.6. The first-order chi connectivity index (χ1) is 14.1. The predicted molar refractivity (Wildman–Crippen MR) is 107 cm³/mol. The number of nitrogens with zero attached hydrogens (tertiary/aromatic N) is 1. The maximum Gasteiger partial charge on any atom is 0.316 e. The molecule has 0 aliphatic carbocycles. The van der Waals surface area contributed by atoms with Crippen molar-refractivity contribution in [1.82, 2.24) is 4.90 Å². The van der Waals surface area contributed by atoms with E-state index < -0.39 is 39.5 Å². The first kappa shape index (κ1) is 20.4. The Morgan fingerprint density at radius 2 is 1.90 bits per heavy atom. The summed E-state index contributed by atoms with van der Waals surface area (Å²) in [6.45, 7) is 2.04. The number of aliphatic carboxylic acids is 1. The third kappa shape index (κ3) is 3.44. The van der Waals surface area contributed by atoms with Gasteiger partial charge < -0.3 is 14.7 Å². The zero-order chi connectivity index (χ0) is 21.7. The molecule has 2 aliphatic heterocycles. The molecule has 2 bridgehead atoms. The standard InChI is InChI=1S/C21H22N2O6S/c1-21-12-16(15-4-2-3-5-17(15)29-21)18(20(25)26)19(24)23(21)11-10-13-6-8-14(9-7-13)30(22,27)28/h2-9,16,18H,10-12H2,1H3,(H,25,26)(H2,22,27,28)/t16-,18-,21-/m0/s1. The highest BCUT2D eigenvalue weighted by Crippen LogP contribution is 2.50. The van der Waals surface area contributed by atoms with Gasteiger partial charge in [-0.1, -0.05) is 30.3 Å². The first-order valence-corrected chi connectivity index (χ1v) is 11.1. The van der Waals surface area contributed by atoms with E-state index in [1.54, 1.807) is 25.1 Å². The minimum atomic E-state index is -3.78. The maximum absolute atomic E-state index is 13.2. The van der Waals surface area contributed by atoms with Crippen molar-refractivity contribution < 1.29 is 27.9 Å². The molecule has 8 nitrogen and oxygen atoms in total. The lowest BCUT2D eigenvalue weighted by molar-refractivity contribution is -0.180. The third-order valence-corrected chi connectivity index (χ3v) is 6.82. The van der Waals surface area contributed by atoms with Crippen LogP contribution >= 0.6 is 0 Å². The Hall–Kier alpha value is -2.91. The number of carboxylic acid groups (broad SMARTS) is 1.